The molecule has 0 radical (unpaired) electrons. The molecule has 0 bridgehead atoms. The maximum Gasteiger partial charge on any atom is 0.120 e. The molecule has 1 aliphatic rings. The van der Waals surface area contributed by atoms with Crippen LogP contribution in [0.1, 0.15) is 50.3 Å². The van der Waals surface area contributed by atoms with Crippen molar-refractivity contribution < 1.29 is 0 Å². The highest BCUT2D eigenvalue weighted by atomic mass is 14.9. The minimum absolute atomic E-state index is 0.535. The van der Waals surface area contributed by atoms with Crippen LogP contribution >= 0.6 is 0 Å². The fraction of sp³-hybridized carbons (Fsp3) is 0.667. The fourth-order valence-electron chi connectivity index (χ4n) is 3.09. The van der Waals surface area contributed by atoms with Crippen LogP contribution < -0.4 is 5.32 Å². The number of hydrogen-bond donors (Lipinski definition) is 1. The van der Waals surface area contributed by atoms with E-state index in [1.54, 1.807) is 0 Å². The average molecular weight is 245 g/mol. The Morgan fingerprint density at radius 1 is 1.44 bits per heavy atom. The molecule has 1 N–H and O–H groups in total. The zero-order valence-corrected chi connectivity index (χ0v) is 11.5. The second kappa shape index (κ2) is 5.58. The Labute approximate surface area is 110 Å². The van der Waals surface area contributed by atoms with E-state index in [2.05, 4.69) is 18.3 Å². The van der Waals surface area contributed by atoms with Crippen molar-refractivity contribution in [2.45, 2.75) is 45.6 Å². The Morgan fingerprint density at radius 2 is 2.17 bits per heavy atom. The Bertz CT molecular complexity index is 433. The summed E-state index contributed by atoms with van der Waals surface area (Å²) in [5.41, 5.74) is 2.48. The highest BCUT2D eigenvalue weighted by Crippen LogP contribution is 2.40. The van der Waals surface area contributed by atoms with Crippen LogP contribution in [-0.4, -0.2) is 11.1 Å². The average Bonchev–Trinajstić information content (AvgIpc) is 2.97. The van der Waals surface area contributed by atoms with Gasteiger partial charge in [0, 0.05) is 26.3 Å². The van der Waals surface area contributed by atoms with E-state index in [0.29, 0.717) is 5.41 Å². The van der Waals surface area contributed by atoms with Gasteiger partial charge in [-0.3, -0.25) is 0 Å². The minimum atomic E-state index is 0.535. The molecule has 0 atom stereocenters. The van der Waals surface area contributed by atoms with Crippen molar-refractivity contribution in [3.05, 3.63) is 23.5 Å². The van der Waals surface area contributed by atoms with E-state index in [-0.39, 0.29) is 0 Å². The smallest absolute Gasteiger partial charge is 0.120 e. The summed E-state index contributed by atoms with van der Waals surface area (Å²) in [5, 5.41) is 12.5. The number of aryl methyl sites for hydroxylation is 1. The van der Waals surface area contributed by atoms with Gasteiger partial charge in [-0.25, -0.2) is 0 Å². The van der Waals surface area contributed by atoms with Crippen LogP contribution in [0.25, 0.3) is 0 Å². The molecule has 0 aromatic carbocycles. The molecule has 1 aliphatic carbocycles. The van der Waals surface area contributed by atoms with Gasteiger partial charge >= 0.3 is 0 Å². The molecule has 0 spiro atoms. The molecule has 1 aromatic rings. The first-order valence-corrected chi connectivity index (χ1v) is 6.95. The van der Waals surface area contributed by atoms with Gasteiger partial charge in [0.05, 0.1) is 0 Å². The van der Waals surface area contributed by atoms with Gasteiger partial charge in [0.2, 0.25) is 0 Å². The third-order valence-electron chi connectivity index (χ3n) is 4.42. The van der Waals surface area contributed by atoms with Gasteiger partial charge < -0.3 is 9.88 Å². The van der Waals surface area contributed by atoms with Crippen molar-refractivity contribution in [3.63, 3.8) is 0 Å². The lowest BCUT2D eigenvalue weighted by Gasteiger charge is -2.27. The molecule has 0 saturated heterocycles. The van der Waals surface area contributed by atoms with E-state index in [9.17, 15) is 0 Å². The molecule has 18 heavy (non-hydrogen) atoms. The summed E-state index contributed by atoms with van der Waals surface area (Å²) in [6, 6.07) is 4.17. The topological polar surface area (TPSA) is 40.8 Å². The first-order valence-electron chi connectivity index (χ1n) is 6.95. The maximum absolute atomic E-state index is 8.92. The first-order chi connectivity index (χ1) is 8.69. The van der Waals surface area contributed by atoms with E-state index in [1.165, 1.54) is 37.7 Å². The predicted molar refractivity (Wildman–Crippen MR) is 73.0 cm³/mol. The van der Waals surface area contributed by atoms with Gasteiger partial charge in [0.15, 0.2) is 0 Å². The monoisotopic (exact) mass is 245 g/mol. The quantitative estimate of drug-likeness (QED) is 0.866. The molecule has 3 heteroatoms. The molecule has 1 heterocycles. The van der Waals surface area contributed by atoms with Crippen molar-refractivity contribution in [1.82, 2.24) is 9.88 Å². The molecule has 2 rings (SSSR count). The van der Waals surface area contributed by atoms with Gasteiger partial charge in [0.25, 0.3) is 0 Å². The molecule has 1 aromatic heterocycles. The van der Waals surface area contributed by atoms with Gasteiger partial charge in [-0.15, -0.1) is 0 Å². The SMILES string of the molecule is CCC1(CNCc2cc(C#N)n(C)c2)CCCC1. The van der Waals surface area contributed by atoms with E-state index in [1.807, 2.05) is 23.9 Å². The molecule has 98 valence electrons. The summed E-state index contributed by atoms with van der Waals surface area (Å²) in [4.78, 5) is 0. The van der Waals surface area contributed by atoms with E-state index in [0.717, 1.165) is 18.8 Å². The number of hydrogen-bond acceptors (Lipinski definition) is 2. The molecule has 0 aliphatic heterocycles. The zero-order valence-electron chi connectivity index (χ0n) is 11.5. The summed E-state index contributed by atoms with van der Waals surface area (Å²) in [5.74, 6) is 0. The van der Waals surface area contributed by atoms with Crippen LogP contribution in [0, 0.1) is 16.7 Å². The lowest BCUT2D eigenvalue weighted by Crippen LogP contribution is -2.31. The van der Waals surface area contributed by atoms with Crippen LogP contribution in [-0.2, 0) is 13.6 Å². The molecule has 1 saturated carbocycles. The second-order valence-electron chi connectivity index (χ2n) is 5.62. The van der Waals surface area contributed by atoms with Crippen molar-refractivity contribution >= 4 is 0 Å². The Hall–Kier alpha value is -1.27. The van der Waals surface area contributed by atoms with E-state index in [4.69, 9.17) is 5.26 Å². The number of rotatable bonds is 5. The normalized spacial score (nSPS) is 17.8. The largest absolute Gasteiger partial charge is 0.342 e. The number of aromatic nitrogens is 1. The Kier molecular flexibility index (Phi) is 4.08. The summed E-state index contributed by atoms with van der Waals surface area (Å²) < 4.78 is 1.89. The Morgan fingerprint density at radius 3 is 2.72 bits per heavy atom. The summed E-state index contributed by atoms with van der Waals surface area (Å²) in [6.07, 6.45) is 8.83. The molecule has 0 unspecified atom stereocenters. The van der Waals surface area contributed by atoms with Crippen LogP contribution in [0.5, 0.6) is 0 Å². The first kappa shape index (κ1) is 13.2. The zero-order chi connectivity index (χ0) is 13.0. The third kappa shape index (κ3) is 2.76. The van der Waals surface area contributed by atoms with E-state index < -0.39 is 0 Å². The number of nitrogens with one attached hydrogen (secondary N) is 1. The van der Waals surface area contributed by atoms with Crippen molar-refractivity contribution in [1.29, 1.82) is 5.26 Å². The number of nitriles is 1. The lowest BCUT2D eigenvalue weighted by molar-refractivity contribution is 0.268. The molecule has 0 amide bonds. The molecule has 1 fully saturated rings. The molecular formula is C15H23N3. The van der Waals surface area contributed by atoms with Gasteiger partial charge in [-0.1, -0.05) is 19.8 Å². The fourth-order valence-corrected chi connectivity index (χ4v) is 3.09. The van der Waals surface area contributed by atoms with Gasteiger partial charge in [0.1, 0.15) is 11.8 Å². The minimum Gasteiger partial charge on any atom is -0.342 e. The van der Waals surface area contributed by atoms with Crippen molar-refractivity contribution in [3.8, 4) is 6.07 Å². The summed E-state index contributed by atoms with van der Waals surface area (Å²) in [7, 11) is 1.92. The summed E-state index contributed by atoms with van der Waals surface area (Å²) in [6.45, 7) is 4.29. The van der Waals surface area contributed by atoms with Crippen molar-refractivity contribution in [2.24, 2.45) is 12.5 Å². The molecule has 3 nitrogen and oxygen atoms in total. The van der Waals surface area contributed by atoms with Crippen LogP contribution in [0.15, 0.2) is 12.3 Å². The van der Waals surface area contributed by atoms with Crippen LogP contribution in [0.4, 0.5) is 0 Å². The van der Waals surface area contributed by atoms with Crippen molar-refractivity contribution in [2.75, 3.05) is 6.54 Å². The Balaban J connectivity index is 1.86. The van der Waals surface area contributed by atoms with Gasteiger partial charge in [-0.05, 0) is 36.3 Å². The second-order valence-corrected chi connectivity index (χ2v) is 5.62. The highest BCUT2D eigenvalue weighted by molar-refractivity contribution is 5.28. The van der Waals surface area contributed by atoms with Crippen LogP contribution in [0.3, 0.4) is 0 Å². The van der Waals surface area contributed by atoms with E-state index >= 15 is 0 Å². The highest BCUT2D eigenvalue weighted by Gasteiger charge is 2.31. The molecular weight excluding hydrogens is 222 g/mol. The van der Waals surface area contributed by atoms with Crippen LogP contribution in [0.2, 0.25) is 0 Å². The summed E-state index contributed by atoms with van der Waals surface area (Å²) >= 11 is 0. The number of nitrogens with zero attached hydrogens (tertiary/aromatic N) is 2. The predicted octanol–water partition coefficient (Wildman–Crippen LogP) is 2.96. The lowest BCUT2D eigenvalue weighted by atomic mass is 9.83. The van der Waals surface area contributed by atoms with Gasteiger partial charge in [-0.2, -0.15) is 5.26 Å². The standard InChI is InChI=1S/C15H23N3/c1-3-15(6-4-5-7-15)12-17-10-13-8-14(9-16)18(2)11-13/h8,11,17H,3-7,10,12H2,1-2H3. The third-order valence-corrected chi connectivity index (χ3v) is 4.42. The maximum atomic E-state index is 8.92.